The van der Waals surface area contributed by atoms with Crippen LogP contribution in [0.5, 0.6) is 11.5 Å². The van der Waals surface area contributed by atoms with Crippen LogP contribution in [0, 0.1) is 5.92 Å². The van der Waals surface area contributed by atoms with Gasteiger partial charge in [0.1, 0.15) is 24.2 Å². The molecule has 7 unspecified atom stereocenters. The summed E-state index contributed by atoms with van der Waals surface area (Å²) in [5.74, 6) is 0.944. The maximum absolute atomic E-state index is 12.2. The highest BCUT2D eigenvalue weighted by Gasteiger charge is 2.45. The lowest BCUT2D eigenvalue weighted by Crippen LogP contribution is -2.40. The zero-order valence-corrected chi connectivity index (χ0v) is 26.8. The average Bonchev–Trinajstić information content (AvgIpc) is 3.38. The first-order chi connectivity index (χ1) is 22.6. The number of aliphatic hydroxyl groups excluding tert-OH is 1. The third kappa shape index (κ3) is 11.5. The predicted molar refractivity (Wildman–Crippen MR) is 172 cm³/mol. The van der Waals surface area contributed by atoms with Crippen LogP contribution in [-0.2, 0) is 28.5 Å². The molecule has 0 spiro atoms. The SMILES string of the molecule is O=C(CCC=CCCC1C(O)CC(OC2CCCCO2)C1OCC(COc1ccccc1)OC1CCCCO1)Oc1ccccc1. The molecule has 0 aromatic heterocycles. The summed E-state index contributed by atoms with van der Waals surface area (Å²) in [6, 6.07) is 18.8. The zero-order chi connectivity index (χ0) is 31.8. The van der Waals surface area contributed by atoms with Gasteiger partial charge in [-0.3, -0.25) is 4.79 Å². The van der Waals surface area contributed by atoms with E-state index in [4.69, 9.17) is 33.2 Å². The number of para-hydroxylation sites is 2. The van der Waals surface area contributed by atoms with Gasteiger partial charge in [0.15, 0.2) is 12.6 Å². The number of hydrogen-bond donors (Lipinski definition) is 1. The van der Waals surface area contributed by atoms with E-state index in [0.29, 0.717) is 44.8 Å². The maximum atomic E-state index is 12.2. The summed E-state index contributed by atoms with van der Waals surface area (Å²) >= 11 is 0. The Labute approximate surface area is 273 Å². The lowest BCUT2D eigenvalue weighted by atomic mass is 9.96. The molecule has 2 aromatic rings. The molecule has 2 saturated heterocycles. The van der Waals surface area contributed by atoms with Gasteiger partial charge >= 0.3 is 5.97 Å². The first-order valence-electron chi connectivity index (χ1n) is 17.1. The second-order valence-electron chi connectivity index (χ2n) is 12.3. The Hall–Kier alpha value is -2.79. The fourth-order valence-electron chi connectivity index (χ4n) is 6.26. The van der Waals surface area contributed by atoms with Crippen molar-refractivity contribution >= 4 is 5.97 Å². The minimum absolute atomic E-state index is 0.122. The van der Waals surface area contributed by atoms with Crippen molar-refractivity contribution in [2.45, 2.75) is 108 Å². The van der Waals surface area contributed by atoms with Gasteiger partial charge in [0.2, 0.25) is 0 Å². The van der Waals surface area contributed by atoms with Crippen molar-refractivity contribution in [3.8, 4) is 11.5 Å². The van der Waals surface area contributed by atoms with E-state index in [2.05, 4.69) is 6.08 Å². The van der Waals surface area contributed by atoms with Gasteiger partial charge in [-0.1, -0.05) is 48.6 Å². The first-order valence-corrected chi connectivity index (χ1v) is 17.1. The Morgan fingerprint density at radius 2 is 1.52 bits per heavy atom. The van der Waals surface area contributed by atoms with E-state index < -0.39 is 6.10 Å². The molecule has 9 heteroatoms. The van der Waals surface area contributed by atoms with Gasteiger partial charge in [-0.05, 0) is 82.1 Å². The molecular weight excluding hydrogens is 588 g/mol. The number of allylic oxidation sites excluding steroid dienone is 2. The van der Waals surface area contributed by atoms with Gasteiger partial charge in [0, 0.05) is 32.0 Å². The van der Waals surface area contributed by atoms with Crippen LogP contribution in [0.1, 0.15) is 70.6 Å². The number of benzene rings is 2. The number of ether oxygens (including phenoxy) is 7. The van der Waals surface area contributed by atoms with E-state index in [-0.39, 0.29) is 49.4 Å². The van der Waals surface area contributed by atoms with E-state index in [1.165, 1.54) is 0 Å². The molecule has 3 fully saturated rings. The number of carbonyl (C=O) groups excluding carboxylic acids is 1. The Morgan fingerprint density at radius 1 is 0.848 bits per heavy atom. The molecule has 0 bridgehead atoms. The molecule has 252 valence electrons. The third-order valence-corrected chi connectivity index (χ3v) is 8.68. The topological polar surface area (TPSA) is 102 Å². The molecular formula is C37H50O9. The van der Waals surface area contributed by atoms with Gasteiger partial charge in [-0.25, -0.2) is 0 Å². The highest BCUT2D eigenvalue weighted by Crippen LogP contribution is 2.36. The maximum Gasteiger partial charge on any atom is 0.311 e. The third-order valence-electron chi connectivity index (χ3n) is 8.68. The summed E-state index contributed by atoms with van der Waals surface area (Å²) in [5.41, 5.74) is 0. The molecule has 5 rings (SSSR count). The van der Waals surface area contributed by atoms with E-state index >= 15 is 0 Å². The first kappa shape index (κ1) is 34.5. The van der Waals surface area contributed by atoms with Crippen molar-refractivity contribution < 1.29 is 43.1 Å². The standard InChI is InChI=1S/C37H50O9/c38-32-25-33(46-36-22-12-14-24-41-36)37(31(32)19-9-1-2-10-20-34(39)44-29-17-7-4-8-18-29)43-27-30(45-35-21-11-13-23-40-35)26-42-28-15-5-3-6-16-28/h1-8,15-18,30-33,35-38H,9-14,19-27H2. The summed E-state index contributed by atoms with van der Waals surface area (Å²) in [4.78, 5) is 12.2. The number of hydrogen-bond acceptors (Lipinski definition) is 9. The molecule has 46 heavy (non-hydrogen) atoms. The molecule has 2 heterocycles. The highest BCUT2D eigenvalue weighted by molar-refractivity contribution is 5.72. The molecule has 3 aliphatic rings. The summed E-state index contributed by atoms with van der Waals surface area (Å²) in [6.07, 6.45) is 10.7. The van der Waals surface area contributed by atoms with Gasteiger partial charge in [0.25, 0.3) is 0 Å². The molecule has 1 saturated carbocycles. The van der Waals surface area contributed by atoms with E-state index in [1.807, 2.05) is 54.6 Å². The van der Waals surface area contributed by atoms with Crippen molar-refractivity contribution in [2.75, 3.05) is 26.4 Å². The van der Waals surface area contributed by atoms with Crippen LogP contribution in [0.25, 0.3) is 0 Å². The summed E-state index contributed by atoms with van der Waals surface area (Å²) < 4.78 is 42.6. The molecule has 7 atom stereocenters. The number of esters is 1. The molecule has 9 nitrogen and oxygen atoms in total. The van der Waals surface area contributed by atoms with Crippen LogP contribution >= 0.6 is 0 Å². The Balaban J connectivity index is 1.16. The molecule has 0 amide bonds. The Bertz CT molecular complexity index is 1150. The predicted octanol–water partition coefficient (Wildman–Crippen LogP) is 6.38. The normalized spacial score (nSPS) is 27.4. The van der Waals surface area contributed by atoms with Crippen LogP contribution in [0.2, 0.25) is 0 Å². The van der Waals surface area contributed by atoms with Crippen molar-refractivity contribution in [3.63, 3.8) is 0 Å². The van der Waals surface area contributed by atoms with Crippen LogP contribution in [0.15, 0.2) is 72.8 Å². The molecule has 1 N–H and O–H groups in total. The van der Waals surface area contributed by atoms with Crippen molar-refractivity contribution in [1.29, 1.82) is 0 Å². The highest BCUT2D eigenvalue weighted by atomic mass is 16.7. The second-order valence-corrected chi connectivity index (χ2v) is 12.3. The van der Waals surface area contributed by atoms with Crippen molar-refractivity contribution in [3.05, 3.63) is 72.8 Å². The minimum Gasteiger partial charge on any atom is -0.491 e. The Kier molecular flexibility index (Phi) is 14.4. The number of rotatable bonds is 17. The molecule has 0 radical (unpaired) electrons. The smallest absolute Gasteiger partial charge is 0.311 e. The van der Waals surface area contributed by atoms with Crippen molar-refractivity contribution in [2.24, 2.45) is 5.92 Å². The van der Waals surface area contributed by atoms with Gasteiger partial charge < -0.3 is 38.3 Å². The quantitative estimate of drug-likeness (QED) is 0.120. The average molecular weight is 639 g/mol. The fourth-order valence-corrected chi connectivity index (χ4v) is 6.26. The van der Waals surface area contributed by atoms with Gasteiger partial charge in [-0.2, -0.15) is 0 Å². The zero-order valence-electron chi connectivity index (χ0n) is 26.8. The Morgan fingerprint density at radius 3 is 2.22 bits per heavy atom. The molecule has 1 aliphatic carbocycles. The van der Waals surface area contributed by atoms with Crippen LogP contribution in [0.4, 0.5) is 0 Å². The van der Waals surface area contributed by atoms with Crippen LogP contribution in [-0.4, -0.2) is 74.5 Å². The van der Waals surface area contributed by atoms with Crippen LogP contribution in [0.3, 0.4) is 0 Å². The summed E-state index contributed by atoms with van der Waals surface area (Å²) in [5, 5.41) is 11.2. The lowest BCUT2D eigenvalue weighted by molar-refractivity contribution is -0.226. The van der Waals surface area contributed by atoms with E-state index in [9.17, 15) is 9.90 Å². The molecule has 2 aromatic carbocycles. The second kappa shape index (κ2) is 19.1. The van der Waals surface area contributed by atoms with E-state index in [1.54, 1.807) is 12.1 Å². The number of carbonyl (C=O) groups is 1. The fraction of sp³-hybridized carbons (Fsp3) is 0.595. The largest absolute Gasteiger partial charge is 0.491 e. The minimum atomic E-state index is -0.561. The monoisotopic (exact) mass is 638 g/mol. The summed E-state index contributed by atoms with van der Waals surface area (Å²) in [6.45, 7) is 1.97. The number of aliphatic hydroxyl groups is 1. The molecule has 2 aliphatic heterocycles. The van der Waals surface area contributed by atoms with Crippen molar-refractivity contribution in [1.82, 2.24) is 0 Å². The summed E-state index contributed by atoms with van der Waals surface area (Å²) in [7, 11) is 0. The van der Waals surface area contributed by atoms with Gasteiger partial charge in [-0.15, -0.1) is 0 Å². The lowest BCUT2D eigenvalue weighted by Gasteiger charge is -2.32. The van der Waals surface area contributed by atoms with E-state index in [0.717, 1.165) is 57.1 Å². The van der Waals surface area contributed by atoms with Gasteiger partial charge in [0.05, 0.1) is 24.9 Å². The van der Waals surface area contributed by atoms with Crippen LogP contribution < -0.4 is 9.47 Å².